The van der Waals surface area contributed by atoms with Crippen LogP contribution in [0.4, 0.5) is 5.13 Å². The van der Waals surface area contributed by atoms with Crippen molar-refractivity contribution < 1.29 is 4.74 Å². The summed E-state index contributed by atoms with van der Waals surface area (Å²) in [6, 6.07) is 14.2. The van der Waals surface area contributed by atoms with Crippen molar-refractivity contribution in [2.24, 2.45) is 0 Å². The van der Waals surface area contributed by atoms with E-state index in [0.717, 1.165) is 23.6 Å². The number of aromatic nitrogens is 1. The third-order valence-electron chi connectivity index (χ3n) is 3.62. The van der Waals surface area contributed by atoms with Crippen molar-refractivity contribution in [2.75, 3.05) is 5.73 Å². The molecular weight excluding hydrogens is 316 g/mol. The Labute approximate surface area is 139 Å². The molecule has 0 radical (unpaired) electrons. The SMILES string of the molecule is Cc1cccc(Oc2ccc3c(c2)Cc2sc(N)nc2-3)c1.Cl. The quantitative estimate of drug-likeness (QED) is 0.573. The highest BCUT2D eigenvalue weighted by Crippen LogP contribution is 2.41. The molecule has 0 aliphatic heterocycles. The Hall–Kier alpha value is -2.04. The first-order valence-electron chi connectivity index (χ1n) is 6.82. The Morgan fingerprint density at radius 3 is 2.77 bits per heavy atom. The molecule has 112 valence electrons. The van der Waals surface area contributed by atoms with E-state index in [2.05, 4.69) is 30.1 Å². The van der Waals surface area contributed by atoms with Crippen LogP contribution in [0.15, 0.2) is 42.5 Å². The molecule has 0 saturated heterocycles. The summed E-state index contributed by atoms with van der Waals surface area (Å²) in [7, 11) is 0. The van der Waals surface area contributed by atoms with Crippen molar-refractivity contribution in [3.8, 4) is 22.8 Å². The summed E-state index contributed by atoms with van der Waals surface area (Å²) in [5.41, 5.74) is 10.4. The summed E-state index contributed by atoms with van der Waals surface area (Å²) in [6.45, 7) is 2.06. The van der Waals surface area contributed by atoms with Crippen molar-refractivity contribution in [3.63, 3.8) is 0 Å². The number of ether oxygens (including phenoxy) is 1. The van der Waals surface area contributed by atoms with Gasteiger partial charge in [0.25, 0.3) is 0 Å². The average Bonchev–Trinajstić information content (AvgIpc) is 2.94. The lowest BCUT2D eigenvalue weighted by atomic mass is 10.1. The number of rotatable bonds is 2. The van der Waals surface area contributed by atoms with Crippen molar-refractivity contribution in [1.29, 1.82) is 0 Å². The molecule has 0 atom stereocenters. The zero-order valence-electron chi connectivity index (χ0n) is 12.0. The Bertz CT molecular complexity index is 844. The van der Waals surface area contributed by atoms with Crippen molar-refractivity contribution >= 4 is 28.9 Å². The highest BCUT2D eigenvalue weighted by atomic mass is 35.5. The first-order chi connectivity index (χ1) is 10.2. The van der Waals surface area contributed by atoms with Crippen LogP contribution in [0.3, 0.4) is 0 Å². The summed E-state index contributed by atoms with van der Waals surface area (Å²) in [5.74, 6) is 1.73. The Morgan fingerprint density at radius 2 is 1.95 bits per heavy atom. The second-order valence-corrected chi connectivity index (χ2v) is 6.35. The molecule has 0 amide bonds. The normalized spacial score (nSPS) is 11.5. The van der Waals surface area contributed by atoms with E-state index >= 15 is 0 Å². The third kappa shape index (κ3) is 2.56. The first kappa shape index (κ1) is 14.9. The minimum atomic E-state index is 0. The summed E-state index contributed by atoms with van der Waals surface area (Å²) < 4.78 is 5.94. The largest absolute Gasteiger partial charge is 0.457 e. The fraction of sp³-hybridized carbons (Fsp3) is 0.118. The van der Waals surface area contributed by atoms with Gasteiger partial charge in [0.2, 0.25) is 0 Å². The second kappa shape index (κ2) is 5.63. The molecule has 22 heavy (non-hydrogen) atoms. The minimum absolute atomic E-state index is 0. The van der Waals surface area contributed by atoms with Gasteiger partial charge in [-0.05, 0) is 48.4 Å². The molecule has 3 nitrogen and oxygen atoms in total. The van der Waals surface area contributed by atoms with Crippen LogP contribution in [0, 0.1) is 6.92 Å². The van der Waals surface area contributed by atoms with E-state index < -0.39 is 0 Å². The van der Waals surface area contributed by atoms with Crippen molar-refractivity contribution in [1.82, 2.24) is 4.98 Å². The number of nitrogens with two attached hydrogens (primary N) is 1. The van der Waals surface area contributed by atoms with E-state index in [4.69, 9.17) is 10.5 Å². The molecule has 4 rings (SSSR count). The topological polar surface area (TPSA) is 48.1 Å². The van der Waals surface area contributed by atoms with Crippen LogP contribution in [0.5, 0.6) is 11.5 Å². The minimum Gasteiger partial charge on any atom is -0.457 e. The maximum Gasteiger partial charge on any atom is 0.180 e. The van der Waals surface area contributed by atoms with Gasteiger partial charge in [-0.1, -0.05) is 12.1 Å². The number of halogens is 1. The maximum absolute atomic E-state index is 5.94. The number of thiazole rings is 1. The highest BCUT2D eigenvalue weighted by molar-refractivity contribution is 7.15. The number of aryl methyl sites for hydroxylation is 1. The summed E-state index contributed by atoms with van der Waals surface area (Å²) >= 11 is 1.57. The lowest BCUT2D eigenvalue weighted by Gasteiger charge is -2.08. The van der Waals surface area contributed by atoms with Gasteiger partial charge in [-0.25, -0.2) is 4.98 Å². The zero-order valence-corrected chi connectivity index (χ0v) is 13.6. The molecular formula is C17H15ClN2OS. The molecule has 1 aromatic heterocycles. The molecule has 0 spiro atoms. The van der Waals surface area contributed by atoms with E-state index in [1.165, 1.54) is 21.6 Å². The number of anilines is 1. The van der Waals surface area contributed by atoms with Gasteiger partial charge in [0.1, 0.15) is 11.5 Å². The van der Waals surface area contributed by atoms with Gasteiger partial charge >= 0.3 is 0 Å². The highest BCUT2D eigenvalue weighted by Gasteiger charge is 2.23. The number of hydrogen-bond acceptors (Lipinski definition) is 4. The van der Waals surface area contributed by atoms with E-state index in [-0.39, 0.29) is 12.4 Å². The molecule has 3 aromatic rings. The fourth-order valence-electron chi connectivity index (χ4n) is 2.70. The van der Waals surface area contributed by atoms with Gasteiger partial charge in [0.15, 0.2) is 5.13 Å². The number of fused-ring (bicyclic) bond motifs is 3. The van der Waals surface area contributed by atoms with Gasteiger partial charge < -0.3 is 10.5 Å². The predicted octanol–water partition coefficient (Wildman–Crippen LogP) is 4.82. The van der Waals surface area contributed by atoms with Crippen LogP contribution in [-0.2, 0) is 6.42 Å². The fourth-order valence-corrected chi connectivity index (χ4v) is 3.57. The zero-order chi connectivity index (χ0) is 14.4. The lowest BCUT2D eigenvalue weighted by Crippen LogP contribution is -1.88. The van der Waals surface area contributed by atoms with Crippen molar-refractivity contribution in [3.05, 3.63) is 58.5 Å². The molecule has 1 aliphatic rings. The number of nitrogen functional groups attached to an aromatic ring is 1. The Kier molecular flexibility index (Phi) is 3.81. The van der Waals surface area contributed by atoms with E-state index in [9.17, 15) is 0 Å². The molecule has 2 aromatic carbocycles. The number of nitrogens with zero attached hydrogens (tertiary/aromatic N) is 1. The number of hydrogen-bond donors (Lipinski definition) is 1. The second-order valence-electron chi connectivity index (χ2n) is 5.24. The van der Waals surface area contributed by atoms with Crippen LogP contribution in [0.2, 0.25) is 0 Å². The van der Waals surface area contributed by atoms with Crippen LogP contribution in [-0.4, -0.2) is 4.98 Å². The van der Waals surface area contributed by atoms with Crippen molar-refractivity contribution in [2.45, 2.75) is 13.3 Å². The third-order valence-corrected chi connectivity index (χ3v) is 4.51. The Morgan fingerprint density at radius 1 is 1.14 bits per heavy atom. The Balaban J connectivity index is 0.00000144. The molecule has 0 saturated carbocycles. The number of benzene rings is 2. The summed E-state index contributed by atoms with van der Waals surface area (Å²) in [4.78, 5) is 5.66. The summed E-state index contributed by atoms with van der Waals surface area (Å²) in [5, 5.41) is 0.644. The molecule has 1 heterocycles. The predicted molar refractivity (Wildman–Crippen MR) is 93.3 cm³/mol. The molecule has 0 unspecified atom stereocenters. The van der Waals surface area contributed by atoms with Crippen LogP contribution in [0.1, 0.15) is 16.0 Å². The average molecular weight is 331 g/mol. The van der Waals surface area contributed by atoms with Crippen LogP contribution < -0.4 is 10.5 Å². The summed E-state index contributed by atoms with van der Waals surface area (Å²) in [6.07, 6.45) is 0.893. The molecule has 0 bridgehead atoms. The van der Waals surface area contributed by atoms with Gasteiger partial charge in [-0.3, -0.25) is 0 Å². The smallest absolute Gasteiger partial charge is 0.180 e. The monoisotopic (exact) mass is 330 g/mol. The molecule has 2 N–H and O–H groups in total. The molecule has 1 aliphatic carbocycles. The molecule has 0 fully saturated rings. The van der Waals surface area contributed by atoms with Crippen LogP contribution in [0.25, 0.3) is 11.3 Å². The lowest BCUT2D eigenvalue weighted by molar-refractivity contribution is 0.482. The van der Waals surface area contributed by atoms with E-state index in [1.54, 1.807) is 11.3 Å². The van der Waals surface area contributed by atoms with Crippen LogP contribution >= 0.6 is 23.7 Å². The first-order valence-corrected chi connectivity index (χ1v) is 7.64. The van der Waals surface area contributed by atoms with Gasteiger partial charge in [0.05, 0.1) is 5.69 Å². The molecule has 5 heteroatoms. The van der Waals surface area contributed by atoms with Gasteiger partial charge in [-0.2, -0.15) is 0 Å². The van der Waals surface area contributed by atoms with Gasteiger partial charge in [-0.15, -0.1) is 23.7 Å². The van der Waals surface area contributed by atoms with E-state index in [0.29, 0.717) is 5.13 Å². The van der Waals surface area contributed by atoms with E-state index in [1.807, 2.05) is 24.3 Å². The standard InChI is InChI=1S/C17H14N2OS.ClH/c1-10-3-2-4-12(7-10)20-13-5-6-14-11(8-13)9-15-16(14)19-17(18)21-15;/h2-8H,9H2,1H3,(H2,18,19);1H. The maximum atomic E-state index is 5.94. The van der Waals surface area contributed by atoms with Gasteiger partial charge in [0, 0.05) is 16.9 Å².